The molecule has 0 unspecified atom stereocenters. The minimum atomic E-state index is 0.604. The van der Waals surface area contributed by atoms with E-state index >= 15 is 0 Å². The Bertz CT molecular complexity index is 170. The van der Waals surface area contributed by atoms with Crippen molar-refractivity contribution in [2.75, 3.05) is 0 Å². The molecule has 0 bridgehead atoms. The second-order valence-electron chi connectivity index (χ2n) is 2.21. The quantitative estimate of drug-likeness (QED) is 0.507. The van der Waals surface area contributed by atoms with Crippen LogP contribution in [0.25, 0.3) is 0 Å². The molecule has 0 aliphatic carbocycles. The highest BCUT2D eigenvalue weighted by Gasteiger charge is 1.88. The lowest BCUT2D eigenvalue weighted by molar-refractivity contribution is 1.21. The topological polar surface area (TPSA) is 12.9 Å². The number of hydrogen-bond donors (Lipinski definition) is 0. The molecule has 1 rings (SSSR count). The van der Waals surface area contributed by atoms with Gasteiger partial charge in [0, 0.05) is 5.69 Å². The Kier molecular flexibility index (Phi) is 4.59. The zero-order chi connectivity index (χ0) is 8.85. The molecule has 0 N–H and O–H groups in total. The van der Waals surface area contributed by atoms with E-state index in [1.807, 2.05) is 39.8 Å². The Hall–Kier alpha value is -0.785. The van der Waals surface area contributed by atoms with Crippen LogP contribution in [-0.2, 0) is 0 Å². The van der Waals surface area contributed by atoms with Crippen LogP contribution in [0.15, 0.2) is 12.1 Å². The number of nitrogens with zero attached hydrogens (tertiary/aromatic N) is 1. The average Bonchev–Trinajstić information content (AvgIpc) is 1.88. The molecule has 0 saturated heterocycles. The van der Waals surface area contributed by atoms with Gasteiger partial charge < -0.3 is 0 Å². The minimum absolute atomic E-state index is 0.604. The predicted octanol–water partition coefficient (Wildman–Crippen LogP) is 1.52. The largest absolute Gasteiger partial charge is 0.270 e. The maximum Gasteiger partial charge on any atom is 0.141 e. The molecule has 1 heterocycles. The van der Waals surface area contributed by atoms with Crippen LogP contribution >= 0.6 is 0 Å². The van der Waals surface area contributed by atoms with Crippen LogP contribution in [0, 0.1) is 13.8 Å². The van der Waals surface area contributed by atoms with Gasteiger partial charge in [-0.3, -0.25) is 4.98 Å². The van der Waals surface area contributed by atoms with Gasteiger partial charge in [-0.05, 0) is 37.1 Å². The molecule has 2 heteroatoms. The van der Waals surface area contributed by atoms with Crippen molar-refractivity contribution in [3.05, 3.63) is 23.4 Å². The first-order valence-electron chi connectivity index (χ1n) is 3.89. The second kappa shape index (κ2) is 4.94. The molecule has 0 fully saturated rings. The van der Waals surface area contributed by atoms with Crippen molar-refractivity contribution in [2.45, 2.75) is 27.7 Å². The molecule has 2 radical (unpaired) electrons. The first-order valence-corrected chi connectivity index (χ1v) is 3.89. The van der Waals surface area contributed by atoms with E-state index in [-0.39, 0.29) is 0 Å². The molecule has 0 aromatic carbocycles. The summed E-state index contributed by atoms with van der Waals surface area (Å²) in [5.74, 6) is 0. The van der Waals surface area contributed by atoms with Gasteiger partial charge in [0.05, 0.1) is 0 Å². The van der Waals surface area contributed by atoms with Crippen molar-refractivity contribution in [2.24, 2.45) is 0 Å². The van der Waals surface area contributed by atoms with E-state index in [9.17, 15) is 0 Å². The van der Waals surface area contributed by atoms with Crippen molar-refractivity contribution in [1.82, 2.24) is 4.98 Å². The van der Waals surface area contributed by atoms with Gasteiger partial charge in [0.2, 0.25) is 0 Å². The molecule has 0 amide bonds. The SMILES string of the molecule is CC.[B]c1cc(C)cc(C)n1. The predicted molar refractivity (Wildman–Crippen MR) is 50.4 cm³/mol. The van der Waals surface area contributed by atoms with Crippen molar-refractivity contribution in [3.8, 4) is 0 Å². The minimum Gasteiger partial charge on any atom is -0.270 e. The summed E-state index contributed by atoms with van der Waals surface area (Å²) in [6.07, 6.45) is 0. The van der Waals surface area contributed by atoms with E-state index in [1.54, 1.807) is 0 Å². The van der Waals surface area contributed by atoms with Gasteiger partial charge in [-0.15, -0.1) is 0 Å². The van der Waals surface area contributed by atoms with E-state index < -0.39 is 0 Å². The average molecular weight is 147 g/mol. The van der Waals surface area contributed by atoms with Gasteiger partial charge in [0.15, 0.2) is 0 Å². The summed E-state index contributed by atoms with van der Waals surface area (Å²) in [5.41, 5.74) is 2.75. The summed E-state index contributed by atoms with van der Waals surface area (Å²) in [5, 5.41) is 0. The molecule has 0 aliphatic heterocycles. The van der Waals surface area contributed by atoms with Crippen LogP contribution in [0.5, 0.6) is 0 Å². The summed E-state index contributed by atoms with van der Waals surface area (Å²) >= 11 is 0. The Morgan fingerprint density at radius 2 is 1.73 bits per heavy atom. The summed E-state index contributed by atoms with van der Waals surface area (Å²) in [4.78, 5) is 4.01. The zero-order valence-corrected chi connectivity index (χ0v) is 7.68. The van der Waals surface area contributed by atoms with Crippen molar-refractivity contribution in [1.29, 1.82) is 0 Å². The van der Waals surface area contributed by atoms with Crippen molar-refractivity contribution in [3.63, 3.8) is 0 Å². The first kappa shape index (κ1) is 10.2. The van der Waals surface area contributed by atoms with E-state index in [2.05, 4.69) is 4.98 Å². The van der Waals surface area contributed by atoms with Crippen LogP contribution in [0.1, 0.15) is 25.1 Å². The molecular weight excluding hydrogens is 133 g/mol. The lowest BCUT2D eigenvalue weighted by atomic mass is 10.0. The highest BCUT2D eigenvalue weighted by molar-refractivity contribution is 6.30. The molecule has 0 atom stereocenters. The monoisotopic (exact) mass is 147 g/mol. The molecule has 11 heavy (non-hydrogen) atoms. The molecule has 1 aromatic rings. The number of rotatable bonds is 0. The summed E-state index contributed by atoms with van der Waals surface area (Å²) in [7, 11) is 5.45. The summed E-state index contributed by atoms with van der Waals surface area (Å²) in [6, 6.07) is 3.85. The highest BCUT2D eigenvalue weighted by atomic mass is 14.7. The fourth-order valence-electron chi connectivity index (χ4n) is 0.873. The maximum atomic E-state index is 5.45. The lowest BCUT2D eigenvalue weighted by Crippen LogP contribution is -2.08. The number of pyridine rings is 1. The normalized spacial score (nSPS) is 8.36. The third kappa shape index (κ3) is 3.81. The van der Waals surface area contributed by atoms with E-state index in [0.29, 0.717) is 5.59 Å². The maximum absolute atomic E-state index is 5.45. The Labute approximate surface area is 70.3 Å². The van der Waals surface area contributed by atoms with Gasteiger partial charge in [0.1, 0.15) is 7.85 Å². The number of aryl methyl sites for hydroxylation is 2. The molecule has 0 saturated carbocycles. The molecule has 0 aliphatic rings. The van der Waals surface area contributed by atoms with E-state index in [0.717, 1.165) is 5.69 Å². The van der Waals surface area contributed by atoms with Gasteiger partial charge in [-0.1, -0.05) is 13.8 Å². The smallest absolute Gasteiger partial charge is 0.141 e. The van der Waals surface area contributed by atoms with E-state index in [1.165, 1.54) is 5.56 Å². The Morgan fingerprint density at radius 1 is 1.18 bits per heavy atom. The van der Waals surface area contributed by atoms with Gasteiger partial charge >= 0.3 is 0 Å². The van der Waals surface area contributed by atoms with Crippen LogP contribution in [0.3, 0.4) is 0 Å². The lowest BCUT2D eigenvalue weighted by Gasteiger charge is -1.96. The Morgan fingerprint density at radius 3 is 2.09 bits per heavy atom. The second-order valence-corrected chi connectivity index (χ2v) is 2.21. The van der Waals surface area contributed by atoms with Gasteiger partial charge in [0.25, 0.3) is 0 Å². The van der Waals surface area contributed by atoms with Crippen molar-refractivity contribution >= 4 is 13.4 Å². The fourth-order valence-corrected chi connectivity index (χ4v) is 0.873. The third-order valence-electron chi connectivity index (χ3n) is 1.12. The van der Waals surface area contributed by atoms with Crippen molar-refractivity contribution < 1.29 is 0 Å². The zero-order valence-electron chi connectivity index (χ0n) is 7.68. The number of aromatic nitrogens is 1. The first-order chi connectivity index (χ1) is 5.18. The summed E-state index contributed by atoms with van der Waals surface area (Å²) in [6.45, 7) is 7.94. The molecular formula is C9H14BN. The van der Waals surface area contributed by atoms with Crippen LogP contribution in [0.2, 0.25) is 0 Å². The Balaban J connectivity index is 0.000000461. The standard InChI is InChI=1S/C7H8BN.C2H6/c1-5-3-6(2)9-7(8)4-5;1-2/h3-4H,1-2H3;1-2H3. The van der Waals surface area contributed by atoms with Crippen LogP contribution < -0.4 is 5.59 Å². The molecule has 58 valence electrons. The molecule has 0 spiro atoms. The molecule has 1 aromatic heterocycles. The summed E-state index contributed by atoms with van der Waals surface area (Å²) < 4.78 is 0. The molecule has 1 nitrogen and oxygen atoms in total. The number of hydrogen-bond acceptors (Lipinski definition) is 1. The van der Waals surface area contributed by atoms with Crippen LogP contribution in [0.4, 0.5) is 0 Å². The third-order valence-corrected chi connectivity index (χ3v) is 1.12. The van der Waals surface area contributed by atoms with Gasteiger partial charge in [-0.2, -0.15) is 0 Å². The van der Waals surface area contributed by atoms with Gasteiger partial charge in [-0.25, -0.2) is 0 Å². The van der Waals surface area contributed by atoms with Crippen LogP contribution in [-0.4, -0.2) is 12.8 Å². The fraction of sp³-hybridized carbons (Fsp3) is 0.444. The highest BCUT2D eigenvalue weighted by Crippen LogP contribution is 1.94. The van der Waals surface area contributed by atoms with E-state index in [4.69, 9.17) is 7.85 Å².